The summed E-state index contributed by atoms with van der Waals surface area (Å²) in [5.41, 5.74) is 5.45. The van der Waals surface area contributed by atoms with Gasteiger partial charge in [-0.15, -0.1) is 0 Å². The zero-order valence-electron chi connectivity index (χ0n) is 16.7. The number of primary amides is 1. The maximum absolute atomic E-state index is 13.1. The Morgan fingerprint density at radius 2 is 1.93 bits per heavy atom. The molecule has 156 valence electrons. The molecule has 1 atom stereocenters. The van der Waals surface area contributed by atoms with Crippen LogP contribution in [0.2, 0.25) is 5.02 Å². The molecule has 1 aliphatic heterocycles. The number of carbonyl (C=O) groups is 1. The van der Waals surface area contributed by atoms with Crippen LogP contribution in [-0.4, -0.2) is 36.5 Å². The summed E-state index contributed by atoms with van der Waals surface area (Å²) < 4.78 is 19.1. The van der Waals surface area contributed by atoms with Crippen molar-refractivity contribution in [1.29, 1.82) is 0 Å². The number of benzene rings is 1. The van der Waals surface area contributed by atoms with Gasteiger partial charge in [-0.3, -0.25) is 4.79 Å². The molecule has 0 spiro atoms. The summed E-state index contributed by atoms with van der Waals surface area (Å²) in [6, 6.07) is 4.29. The normalized spacial score (nSPS) is 25.4. The molecule has 1 amide bonds. The molecule has 2 aliphatic rings. The number of hydrogen-bond donors (Lipinski definition) is 1. The first-order valence-electron chi connectivity index (χ1n) is 10.6. The van der Waals surface area contributed by atoms with Crippen LogP contribution in [-0.2, 0) is 4.79 Å². The maximum atomic E-state index is 13.1. The van der Waals surface area contributed by atoms with Crippen LogP contribution in [0, 0.1) is 23.6 Å². The number of carbonyl (C=O) groups excluding carboxylic acids is 1. The Kier molecular flexibility index (Phi) is 7.58. The first-order valence-corrected chi connectivity index (χ1v) is 10.9. The van der Waals surface area contributed by atoms with E-state index in [4.69, 9.17) is 22.1 Å². The van der Waals surface area contributed by atoms with Crippen molar-refractivity contribution >= 4 is 17.5 Å². The highest BCUT2D eigenvalue weighted by Gasteiger charge is 2.28. The average molecular weight is 411 g/mol. The number of piperidine rings is 1. The zero-order valence-corrected chi connectivity index (χ0v) is 17.5. The van der Waals surface area contributed by atoms with E-state index in [0.717, 1.165) is 51.2 Å². The second-order valence-corrected chi connectivity index (χ2v) is 8.90. The Bertz CT molecular complexity index is 656. The number of likely N-dealkylation sites (tertiary alicyclic amines) is 1. The van der Waals surface area contributed by atoms with E-state index in [1.807, 2.05) is 6.92 Å². The van der Waals surface area contributed by atoms with E-state index in [1.165, 1.54) is 31.4 Å². The molecule has 1 aliphatic carbocycles. The largest absolute Gasteiger partial charge is 0.489 e. The fourth-order valence-corrected chi connectivity index (χ4v) is 4.79. The minimum Gasteiger partial charge on any atom is -0.489 e. The molecule has 1 aromatic rings. The summed E-state index contributed by atoms with van der Waals surface area (Å²) in [5, 5.41) is 0.337. The molecular weight excluding hydrogens is 379 g/mol. The molecule has 1 unspecified atom stereocenters. The first kappa shape index (κ1) is 21.4. The lowest BCUT2D eigenvalue weighted by atomic mass is 9.75. The van der Waals surface area contributed by atoms with E-state index >= 15 is 0 Å². The summed E-state index contributed by atoms with van der Waals surface area (Å²) in [6.07, 6.45) is 7.99. The van der Waals surface area contributed by atoms with Crippen LogP contribution in [0.25, 0.3) is 0 Å². The highest BCUT2D eigenvalue weighted by Crippen LogP contribution is 2.35. The Hall–Kier alpha value is -1.33. The number of rotatable bonds is 7. The number of amides is 1. The van der Waals surface area contributed by atoms with Gasteiger partial charge in [0, 0.05) is 19.0 Å². The first-order chi connectivity index (χ1) is 13.4. The second-order valence-electron chi connectivity index (χ2n) is 8.49. The molecule has 6 heteroatoms. The fraction of sp³-hybridized carbons (Fsp3) is 0.682. The summed E-state index contributed by atoms with van der Waals surface area (Å²) in [7, 11) is 0. The average Bonchev–Trinajstić information content (AvgIpc) is 2.69. The fourth-order valence-electron chi connectivity index (χ4n) is 4.58. The Balaban J connectivity index is 1.34. The molecule has 2 fully saturated rings. The highest BCUT2D eigenvalue weighted by molar-refractivity contribution is 6.32. The molecule has 4 nitrogen and oxygen atoms in total. The zero-order chi connectivity index (χ0) is 20.1. The van der Waals surface area contributed by atoms with E-state index in [0.29, 0.717) is 16.7 Å². The van der Waals surface area contributed by atoms with Crippen LogP contribution < -0.4 is 10.5 Å². The lowest BCUT2D eigenvalue weighted by molar-refractivity contribution is -0.123. The van der Waals surface area contributed by atoms with Gasteiger partial charge in [0.05, 0.1) is 5.02 Å². The van der Waals surface area contributed by atoms with Crippen molar-refractivity contribution in [3.8, 4) is 5.75 Å². The number of nitrogens with zero attached hydrogens (tertiary/aromatic N) is 1. The molecular formula is C22H32ClFN2O2. The third kappa shape index (κ3) is 5.84. The van der Waals surface area contributed by atoms with Crippen LogP contribution >= 0.6 is 11.6 Å². The topological polar surface area (TPSA) is 55.6 Å². The van der Waals surface area contributed by atoms with Gasteiger partial charge in [-0.2, -0.15) is 0 Å². The lowest BCUT2D eigenvalue weighted by Gasteiger charge is -2.35. The van der Waals surface area contributed by atoms with Crippen LogP contribution in [0.3, 0.4) is 0 Å². The van der Waals surface area contributed by atoms with Gasteiger partial charge in [0.1, 0.15) is 17.7 Å². The predicted octanol–water partition coefficient (Wildman–Crippen LogP) is 4.64. The standard InChI is InChI=1S/C22H32ClFN2O2/c1-15(22(25)27)17-4-2-16(3-5-17)8-11-26-12-9-19(10-13-26)28-21-7-6-18(24)14-20(21)23/h6-7,14-17,19H,2-5,8-13H2,1H3,(H2,25,27). The van der Waals surface area contributed by atoms with Crippen molar-refractivity contribution in [1.82, 2.24) is 4.90 Å². The molecule has 1 heterocycles. The van der Waals surface area contributed by atoms with E-state index in [1.54, 1.807) is 6.07 Å². The lowest BCUT2D eigenvalue weighted by Crippen LogP contribution is -2.39. The van der Waals surface area contributed by atoms with Gasteiger partial charge < -0.3 is 15.4 Å². The van der Waals surface area contributed by atoms with Crippen molar-refractivity contribution in [2.45, 2.75) is 58.0 Å². The number of hydrogen-bond acceptors (Lipinski definition) is 3. The maximum Gasteiger partial charge on any atom is 0.220 e. The van der Waals surface area contributed by atoms with E-state index < -0.39 is 0 Å². The molecule has 1 aromatic carbocycles. The van der Waals surface area contributed by atoms with Crippen molar-refractivity contribution < 1.29 is 13.9 Å². The molecule has 0 bridgehead atoms. The van der Waals surface area contributed by atoms with Crippen molar-refractivity contribution in [3.63, 3.8) is 0 Å². The second kappa shape index (κ2) is 9.93. The Labute approximate surface area is 172 Å². The molecule has 0 aromatic heterocycles. The number of halogens is 2. The van der Waals surface area contributed by atoms with Crippen LogP contribution in [0.4, 0.5) is 4.39 Å². The van der Waals surface area contributed by atoms with Crippen LogP contribution in [0.5, 0.6) is 5.75 Å². The predicted molar refractivity (Wildman–Crippen MR) is 110 cm³/mol. The van der Waals surface area contributed by atoms with E-state index in [-0.39, 0.29) is 23.7 Å². The molecule has 0 radical (unpaired) electrons. The van der Waals surface area contributed by atoms with Gasteiger partial charge in [-0.1, -0.05) is 31.4 Å². The molecule has 2 N–H and O–H groups in total. The third-order valence-corrected chi connectivity index (χ3v) is 6.92. The van der Waals surface area contributed by atoms with Gasteiger partial charge in [0.15, 0.2) is 0 Å². The van der Waals surface area contributed by atoms with Crippen molar-refractivity contribution in [3.05, 3.63) is 29.0 Å². The summed E-state index contributed by atoms with van der Waals surface area (Å²) in [4.78, 5) is 13.9. The van der Waals surface area contributed by atoms with E-state index in [2.05, 4.69) is 4.90 Å². The van der Waals surface area contributed by atoms with E-state index in [9.17, 15) is 9.18 Å². The SMILES string of the molecule is CC(C(N)=O)C1CCC(CCN2CCC(Oc3ccc(F)cc3Cl)CC2)CC1. The van der Waals surface area contributed by atoms with Crippen LogP contribution in [0.15, 0.2) is 18.2 Å². The minimum atomic E-state index is -0.342. The van der Waals surface area contributed by atoms with Gasteiger partial charge in [0.2, 0.25) is 5.91 Å². The molecule has 28 heavy (non-hydrogen) atoms. The highest BCUT2D eigenvalue weighted by atomic mass is 35.5. The summed E-state index contributed by atoms with van der Waals surface area (Å²) >= 11 is 6.06. The Morgan fingerprint density at radius 3 is 2.54 bits per heavy atom. The minimum absolute atomic E-state index is 0.00888. The van der Waals surface area contributed by atoms with Gasteiger partial charge in [-0.05, 0) is 68.7 Å². The smallest absolute Gasteiger partial charge is 0.220 e. The molecule has 1 saturated carbocycles. The number of nitrogens with two attached hydrogens (primary N) is 1. The monoisotopic (exact) mass is 410 g/mol. The number of ether oxygens (including phenoxy) is 1. The van der Waals surface area contributed by atoms with Gasteiger partial charge >= 0.3 is 0 Å². The third-order valence-electron chi connectivity index (χ3n) is 6.62. The molecule has 3 rings (SSSR count). The summed E-state index contributed by atoms with van der Waals surface area (Å²) in [5.74, 6) is 1.32. The summed E-state index contributed by atoms with van der Waals surface area (Å²) in [6.45, 7) is 5.15. The Morgan fingerprint density at radius 1 is 1.25 bits per heavy atom. The quantitative estimate of drug-likeness (QED) is 0.712. The van der Waals surface area contributed by atoms with Crippen molar-refractivity contribution in [2.24, 2.45) is 23.5 Å². The van der Waals surface area contributed by atoms with Crippen LogP contribution in [0.1, 0.15) is 51.9 Å². The van der Waals surface area contributed by atoms with Gasteiger partial charge in [-0.25, -0.2) is 4.39 Å². The van der Waals surface area contributed by atoms with Gasteiger partial charge in [0.25, 0.3) is 0 Å². The van der Waals surface area contributed by atoms with Crippen molar-refractivity contribution in [2.75, 3.05) is 19.6 Å². The molecule has 1 saturated heterocycles.